The van der Waals surface area contributed by atoms with E-state index in [-0.39, 0.29) is 24.3 Å². The van der Waals surface area contributed by atoms with Crippen LogP contribution in [-0.2, 0) is 9.59 Å². The summed E-state index contributed by atoms with van der Waals surface area (Å²) in [6.07, 6.45) is 4.29. The number of aromatic nitrogens is 1. The van der Waals surface area contributed by atoms with Crippen LogP contribution in [0.2, 0.25) is 0 Å². The summed E-state index contributed by atoms with van der Waals surface area (Å²) < 4.78 is 5.68. The van der Waals surface area contributed by atoms with Crippen molar-refractivity contribution in [2.24, 2.45) is 0 Å². The molecule has 0 saturated carbocycles. The van der Waals surface area contributed by atoms with E-state index in [2.05, 4.69) is 22.9 Å². The number of imide groups is 1. The Morgan fingerprint density at radius 2 is 1.87 bits per heavy atom. The first kappa shape index (κ1) is 20.3. The van der Waals surface area contributed by atoms with Crippen molar-refractivity contribution in [3.05, 3.63) is 48.7 Å². The number of piperazine rings is 1. The number of H-pyrrole nitrogens is 1. The number of benzene rings is 1. The number of carbonyl (C=O) groups excluding carboxylic acids is 2. The quantitative estimate of drug-likeness (QED) is 0.540. The SMILES string of the molecule is CCCCOc1ccc(N2C(=O)C[C@@H]([NH+]3CCN(c4cccc[nH+]4)CC3)C2=O)cc1. The van der Waals surface area contributed by atoms with Crippen LogP contribution in [0.15, 0.2) is 48.7 Å². The molecule has 0 unspecified atom stereocenters. The maximum atomic E-state index is 13.1. The van der Waals surface area contributed by atoms with Gasteiger partial charge in [0.15, 0.2) is 6.04 Å². The molecule has 1 aromatic carbocycles. The van der Waals surface area contributed by atoms with E-state index >= 15 is 0 Å². The Bertz CT molecular complexity index is 864. The molecule has 2 aromatic rings. The Labute approximate surface area is 177 Å². The van der Waals surface area contributed by atoms with E-state index in [1.807, 2.05) is 30.5 Å². The highest BCUT2D eigenvalue weighted by molar-refractivity contribution is 6.21. The van der Waals surface area contributed by atoms with Gasteiger partial charge in [0.2, 0.25) is 5.91 Å². The molecule has 2 amide bonds. The van der Waals surface area contributed by atoms with Crippen molar-refractivity contribution in [3.8, 4) is 5.75 Å². The number of amides is 2. The first-order valence-electron chi connectivity index (χ1n) is 10.8. The van der Waals surface area contributed by atoms with Gasteiger partial charge in [-0.2, -0.15) is 0 Å². The van der Waals surface area contributed by atoms with E-state index in [1.165, 1.54) is 9.80 Å². The molecular weight excluding hydrogens is 380 g/mol. The molecule has 7 nitrogen and oxygen atoms in total. The fourth-order valence-corrected chi connectivity index (χ4v) is 4.21. The number of ether oxygens (including phenoxy) is 1. The molecule has 0 aliphatic carbocycles. The minimum atomic E-state index is -0.292. The number of nitrogens with one attached hydrogen (secondary N) is 2. The summed E-state index contributed by atoms with van der Waals surface area (Å²) >= 11 is 0. The van der Waals surface area contributed by atoms with Crippen molar-refractivity contribution in [3.63, 3.8) is 0 Å². The largest absolute Gasteiger partial charge is 0.494 e. The van der Waals surface area contributed by atoms with Crippen LogP contribution in [0.1, 0.15) is 26.2 Å². The van der Waals surface area contributed by atoms with Crippen LogP contribution in [-0.4, -0.2) is 50.6 Å². The van der Waals surface area contributed by atoms with E-state index in [9.17, 15) is 9.59 Å². The number of nitrogens with zero attached hydrogens (tertiary/aromatic N) is 2. The van der Waals surface area contributed by atoms with Crippen LogP contribution in [0.5, 0.6) is 5.75 Å². The summed E-state index contributed by atoms with van der Waals surface area (Å²) in [5, 5.41) is 0. The Balaban J connectivity index is 1.37. The highest BCUT2D eigenvalue weighted by atomic mass is 16.5. The molecule has 0 spiro atoms. The second-order valence-corrected chi connectivity index (χ2v) is 7.91. The third-order valence-electron chi connectivity index (χ3n) is 5.94. The van der Waals surface area contributed by atoms with Gasteiger partial charge in [-0.3, -0.25) is 14.5 Å². The molecule has 3 heterocycles. The number of hydrogen-bond acceptors (Lipinski definition) is 4. The van der Waals surface area contributed by atoms with E-state index < -0.39 is 0 Å². The lowest BCUT2D eigenvalue weighted by atomic mass is 10.1. The van der Waals surface area contributed by atoms with Gasteiger partial charge in [-0.1, -0.05) is 19.4 Å². The first-order valence-corrected chi connectivity index (χ1v) is 10.8. The molecule has 0 radical (unpaired) electrons. The minimum absolute atomic E-state index is 0.0885. The predicted octanol–water partition coefficient (Wildman–Crippen LogP) is 0.717. The summed E-state index contributed by atoms with van der Waals surface area (Å²) in [6, 6.07) is 13.0. The maximum Gasteiger partial charge on any atom is 0.292 e. The number of hydrogen-bond donors (Lipinski definition) is 1. The average Bonchev–Trinajstić information content (AvgIpc) is 3.09. The molecule has 0 bridgehead atoms. The molecule has 30 heavy (non-hydrogen) atoms. The summed E-state index contributed by atoms with van der Waals surface area (Å²) in [5.74, 6) is 1.65. The standard InChI is InChI=1S/C23H28N4O3/c1-2-3-16-30-19-9-7-18(8-10-19)27-22(28)17-20(23(27)29)25-12-14-26(15-13-25)21-6-4-5-11-24-21/h4-11,20H,2-3,12-17H2,1H3/p+2/t20-/m1/s1. The summed E-state index contributed by atoms with van der Waals surface area (Å²) in [5.41, 5.74) is 0.632. The van der Waals surface area contributed by atoms with Gasteiger partial charge in [0.05, 0.1) is 24.9 Å². The van der Waals surface area contributed by atoms with Gasteiger partial charge in [0.25, 0.3) is 11.7 Å². The molecule has 2 aliphatic rings. The molecule has 4 rings (SSSR count). The third kappa shape index (κ3) is 4.31. The molecular formula is C23H30N4O3+2. The lowest BCUT2D eigenvalue weighted by Crippen LogP contribution is -3.19. The number of unbranched alkanes of at least 4 members (excludes halogenated alkanes) is 1. The van der Waals surface area contributed by atoms with Crippen molar-refractivity contribution < 1.29 is 24.2 Å². The zero-order valence-corrected chi connectivity index (χ0v) is 17.5. The van der Waals surface area contributed by atoms with E-state index in [1.54, 1.807) is 12.1 Å². The van der Waals surface area contributed by atoms with E-state index in [0.29, 0.717) is 12.3 Å². The number of quaternary nitrogens is 1. The monoisotopic (exact) mass is 410 g/mol. The lowest BCUT2D eigenvalue weighted by Gasteiger charge is -2.31. The van der Waals surface area contributed by atoms with Crippen LogP contribution in [0, 0.1) is 0 Å². The number of aromatic amines is 1. The lowest BCUT2D eigenvalue weighted by molar-refractivity contribution is -0.915. The topological polar surface area (TPSA) is 68.4 Å². The Hall–Kier alpha value is -2.93. The van der Waals surface area contributed by atoms with Crippen molar-refractivity contribution in [2.75, 3.05) is 42.6 Å². The van der Waals surface area contributed by atoms with Crippen molar-refractivity contribution in [2.45, 2.75) is 32.2 Å². The second-order valence-electron chi connectivity index (χ2n) is 7.91. The average molecular weight is 411 g/mol. The first-order chi connectivity index (χ1) is 14.7. The van der Waals surface area contributed by atoms with Gasteiger partial charge >= 0.3 is 0 Å². The fraction of sp³-hybridized carbons (Fsp3) is 0.435. The smallest absolute Gasteiger partial charge is 0.292 e. The highest BCUT2D eigenvalue weighted by Gasteiger charge is 2.47. The maximum absolute atomic E-state index is 13.1. The van der Waals surface area contributed by atoms with E-state index in [4.69, 9.17) is 4.74 Å². The molecule has 1 aromatic heterocycles. The molecule has 7 heteroatoms. The zero-order valence-electron chi connectivity index (χ0n) is 17.5. The molecule has 2 saturated heterocycles. The molecule has 2 fully saturated rings. The second kappa shape index (κ2) is 9.26. The summed E-state index contributed by atoms with van der Waals surface area (Å²) in [6.45, 7) is 6.19. The van der Waals surface area contributed by atoms with Crippen LogP contribution in [0.25, 0.3) is 0 Å². The van der Waals surface area contributed by atoms with Gasteiger partial charge in [0, 0.05) is 6.07 Å². The number of rotatable bonds is 7. The van der Waals surface area contributed by atoms with Crippen molar-refractivity contribution in [1.29, 1.82) is 0 Å². The van der Waals surface area contributed by atoms with Gasteiger partial charge in [0.1, 0.15) is 31.9 Å². The van der Waals surface area contributed by atoms with Crippen LogP contribution >= 0.6 is 0 Å². The normalized spacial score (nSPS) is 20.1. The van der Waals surface area contributed by atoms with Crippen LogP contribution in [0.3, 0.4) is 0 Å². The van der Waals surface area contributed by atoms with Crippen molar-refractivity contribution >= 4 is 23.3 Å². The Morgan fingerprint density at radius 3 is 2.53 bits per heavy atom. The summed E-state index contributed by atoms with van der Waals surface area (Å²) in [4.78, 5) is 33.9. The zero-order chi connectivity index (χ0) is 20.9. The summed E-state index contributed by atoms with van der Waals surface area (Å²) in [7, 11) is 0. The molecule has 2 aliphatic heterocycles. The Morgan fingerprint density at radius 1 is 1.10 bits per heavy atom. The number of pyridine rings is 1. The van der Waals surface area contributed by atoms with Crippen LogP contribution < -0.4 is 24.4 Å². The predicted molar refractivity (Wildman–Crippen MR) is 114 cm³/mol. The highest BCUT2D eigenvalue weighted by Crippen LogP contribution is 2.25. The van der Waals surface area contributed by atoms with Gasteiger partial charge in [-0.15, -0.1) is 0 Å². The van der Waals surface area contributed by atoms with Crippen LogP contribution in [0.4, 0.5) is 11.5 Å². The van der Waals surface area contributed by atoms with Gasteiger partial charge in [-0.05, 0) is 36.8 Å². The minimum Gasteiger partial charge on any atom is -0.494 e. The van der Waals surface area contributed by atoms with Crippen molar-refractivity contribution in [1.82, 2.24) is 0 Å². The van der Waals surface area contributed by atoms with Gasteiger partial charge in [-0.25, -0.2) is 9.88 Å². The Kier molecular flexibility index (Phi) is 6.28. The third-order valence-corrected chi connectivity index (χ3v) is 5.94. The molecule has 158 valence electrons. The number of carbonyl (C=O) groups is 2. The molecule has 1 atom stereocenters. The fourth-order valence-electron chi connectivity index (χ4n) is 4.21. The number of anilines is 2. The van der Waals surface area contributed by atoms with Gasteiger partial charge < -0.3 is 9.64 Å². The van der Waals surface area contributed by atoms with E-state index in [0.717, 1.165) is 50.6 Å². The molecule has 2 N–H and O–H groups in total.